The van der Waals surface area contributed by atoms with Crippen LogP contribution in [0, 0.1) is 5.92 Å². The van der Waals surface area contributed by atoms with Gasteiger partial charge < -0.3 is 14.5 Å². The van der Waals surface area contributed by atoms with Gasteiger partial charge in [0.05, 0.1) is 12.2 Å². The van der Waals surface area contributed by atoms with E-state index in [-0.39, 0.29) is 5.92 Å². The molecule has 0 radical (unpaired) electrons. The van der Waals surface area contributed by atoms with E-state index in [1.165, 1.54) is 23.4 Å². The van der Waals surface area contributed by atoms with Crippen LogP contribution < -0.4 is 9.64 Å². The first-order valence-electron chi connectivity index (χ1n) is 10.6. The summed E-state index contributed by atoms with van der Waals surface area (Å²) in [7, 11) is 4.05. The topological polar surface area (TPSA) is 15.7 Å². The van der Waals surface area contributed by atoms with Crippen LogP contribution in [0.2, 0.25) is 0 Å². The molecular weight excluding hydrogens is 389 g/mol. The van der Waals surface area contributed by atoms with E-state index in [9.17, 15) is 13.2 Å². The summed E-state index contributed by atoms with van der Waals surface area (Å²) in [6.45, 7) is 5.73. The Balaban J connectivity index is 1.71. The van der Waals surface area contributed by atoms with Gasteiger partial charge in [-0.2, -0.15) is 13.2 Å². The first-order valence-corrected chi connectivity index (χ1v) is 10.6. The third-order valence-electron chi connectivity index (χ3n) is 5.84. The van der Waals surface area contributed by atoms with E-state index in [1.807, 2.05) is 14.1 Å². The summed E-state index contributed by atoms with van der Waals surface area (Å²) in [6.07, 6.45) is -2.16. The third kappa shape index (κ3) is 5.69. The van der Waals surface area contributed by atoms with Crippen molar-refractivity contribution in [3.63, 3.8) is 0 Å². The van der Waals surface area contributed by atoms with E-state index in [4.69, 9.17) is 4.74 Å². The molecule has 6 heteroatoms. The predicted molar refractivity (Wildman–Crippen MR) is 115 cm³/mol. The number of anilines is 1. The molecule has 0 saturated carbocycles. The Morgan fingerprint density at radius 2 is 1.70 bits per heavy atom. The van der Waals surface area contributed by atoms with Gasteiger partial charge in [0.15, 0.2) is 0 Å². The van der Waals surface area contributed by atoms with Crippen LogP contribution in [0.5, 0.6) is 5.75 Å². The van der Waals surface area contributed by atoms with Crippen LogP contribution in [-0.2, 0) is 6.18 Å². The molecule has 2 atom stereocenters. The van der Waals surface area contributed by atoms with Crippen molar-refractivity contribution in [1.82, 2.24) is 4.90 Å². The third-order valence-corrected chi connectivity index (χ3v) is 5.84. The van der Waals surface area contributed by atoms with Crippen molar-refractivity contribution in [2.45, 2.75) is 31.9 Å². The summed E-state index contributed by atoms with van der Waals surface area (Å²) in [6, 6.07) is 13.7. The normalized spacial score (nSPS) is 20.2. The Hall–Kier alpha value is -2.21. The van der Waals surface area contributed by atoms with Crippen molar-refractivity contribution in [3.8, 4) is 5.75 Å². The zero-order chi connectivity index (χ0) is 21.7. The monoisotopic (exact) mass is 420 g/mol. The molecule has 1 saturated heterocycles. The maximum atomic E-state index is 12.8. The molecule has 1 aliphatic rings. The minimum absolute atomic E-state index is 0.290. The quantitative estimate of drug-likeness (QED) is 0.574. The van der Waals surface area contributed by atoms with Gasteiger partial charge >= 0.3 is 6.18 Å². The number of alkyl halides is 3. The Labute approximate surface area is 177 Å². The van der Waals surface area contributed by atoms with Crippen molar-refractivity contribution in [2.24, 2.45) is 5.92 Å². The largest absolute Gasteiger partial charge is 0.493 e. The van der Waals surface area contributed by atoms with E-state index >= 15 is 0 Å². The van der Waals surface area contributed by atoms with E-state index in [0.29, 0.717) is 18.3 Å². The molecule has 2 aromatic rings. The average Bonchev–Trinajstić information content (AvgIpc) is 2.72. The Morgan fingerprint density at radius 3 is 2.27 bits per heavy atom. The van der Waals surface area contributed by atoms with Crippen LogP contribution in [0.4, 0.5) is 18.9 Å². The van der Waals surface area contributed by atoms with Gasteiger partial charge in [0.2, 0.25) is 0 Å². The van der Waals surface area contributed by atoms with Gasteiger partial charge in [-0.15, -0.1) is 0 Å². The number of nitrogens with zero attached hydrogens (tertiary/aromatic N) is 2. The van der Waals surface area contributed by atoms with E-state index in [2.05, 4.69) is 41.0 Å². The SMILES string of the molecule is CCCN1CC[C@@H](c2ccc(N(C)C)cc2)[C@H](COc2ccc(C(F)(F)F)cc2)C1. The Morgan fingerprint density at radius 1 is 1.03 bits per heavy atom. The standard InChI is InChI=1S/C24H31F3N2O/c1-4-14-29-15-13-23(18-5-9-21(10-6-18)28(2)3)19(16-29)17-30-22-11-7-20(8-12-22)24(25,26)27/h5-12,19,23H,4,13-17H2,1-3H3/t19-,23-/m0/s1. The minimum atomic E-state index is -4.33. The number of hydrogen-bond donors (Lipinski definition) is 0. The molecule has 3 rings (SSSR count). The first-order chi connectivity index (χ1) is 14.3. The molecule has 3 nitrogen and oxygen atoms in total. The zero-order valence-electron chi connectivity index (χ0n) is 18.0. The summed E-state index contributed by atoms with van der Waals surface area (Å²) >= 11 is 0. The minimum Gasteiger partial charge on any atom is -0.493 e. The molecular formula is C24H31F3N2O. The Bertz CT molecular complexity index is 788. The van der Waals surface area contributed by atoms with E-state index in [0.717, 1.165) is 44.6 Å². The summed E-state index contributed by atoms with van der Waals surface area (Å²) in [5.74, 6) is 1.15. The van der Waals surface area contributed by atoms with Gasteiger partial charge in [0, 0.05) is 32.2 Å². The van der Waals surface area contributed by atoms with Crippen LogP contribution in [0.15, 0.2) is 48.5 Å². The Kier molecular flexibility index (Phi) is 7.29. The second kappa shape index (κ2) is 9.73. The average molecular weight is 421 g/mol. The van der Waals surface area contributed by atoms with Gasteiger partial charge in [0.25, 0.3) is 0 Å². The number of benzene rings is 2. The lowest BCUT2D eigenvalue weighted by Gasteiger charge is -2.38. The van der Waals surface area contributed by atoms with E-state index in [1.54, 1.807) is 0 Å². The lowest BCUT2D eigenvalue weighted by atomic mass is 9.80. The van der Waals surface area contributed by atoms with Crippen LogP contribution >= 0.6 is 0 Å². The molecule has 0 spiro atoms. The summed E-state index contributed by atoms with van der Waals surface area (Å²) < 4.78 is 44.3. The lowest BCUT2D eigenvalue weighted by molar-refractivity contribution is -0.137. The molecule has 0 N–H and O–H groups in total. The van der Waals surface area contributed by atoms with Gasteiger partial charge in [-0.3, -0.25) is 0 Å². The summed E-state index contributed by atoms with van der Waals surface area (Å²) in [4.78, 5) is 4.55. The highest BCUT2D eigenvalue weighted by atomic mass is 19.4. The lowest BCUT2D eigenvalue weighted by Crippen LogP contribution is -2.42. The highest BCUT2D eigenvalue weighted by molar-refractivity contribution is 5.46. The molecule has 30 heavy (non-hydrogen) atoms. The number of ether oxygens (including phenoxy) is 1. The molecule has 1 fully saturated rings. The van der Waals surface area contributed by atoms with Crippen LogP contribution in [0.25, 0.3) is 0 Å². The smallest absolute Gasteiger partial charge is 0.416 e. The van der Waals surface area contributed by atoms with E-state index < -0.39 is 11.7 Å². The fraction of sp³-hybridized carbons (Fsp3) is 0.500. The van der Waals surface area contributed by atoms with Gasteiger partial charge in [-0.25, -0.2) is 0 Å². The number of halogens is 3. The predicted octanol–water partition coefficient (Wildman–Crippen LogP) is 5.67. The number of piperidine rings is 1. The molecule has 0 aliphatic carbocycles. The second-order valence-corrected chi connectivity index (χ2v) is 8.27. The van der Waals surface area contributed by atoms with Crippen LogP contribution in [0.3, 0.4) is 0 Å². The molecule has 1 aliphatic heterocycles. The molecule has 0 amide bonds. The second-order valence-electron chi connectivity index (χ2n) is 8.27. The highest BCUT2D eigenvalue weighted by Gasteiger charge is 2.32. The molecule has 0 bridgehead atoms. The van der Waals surface area contributed by atoms with Gasteiger partial charge in [-0.1, -0.05) is 19.1 Å². The van der Waals surface area contributed by atoms with Crippen LogP contribution in [-0.4, -0.2) is 45.2 Å². The molecule has 0 aromatic heterocycles. The van der Waals surface area contributed by atoms with Crippen molar-refractivity contribution < 1.29 is 17.9 Å². The summed E-state index contributed by atoms with van der Waals surface area (Å²) in [5, 5.41) is 0. The van der Waals surface area contributed by atoms with Crippen LogP contribution in [0.1, 0.15) is 36.8 Å². The fourth-order valence-electron chi connectivity index (χ4n) is 4.20. The van der Waals surface area contributed by atoms with Crippen molar-refractivity contribution >= 4 is 5.69 Å². The maximum absolute atomic E-state index is 12.8. The highest BCUT2D eigenvalue weighted by Crippen LogP contribution is 2.35. The van der Waals surface area contributed by atoms with Gasteiger partial charge in [-0.05, 0) is 73.8 Å². The number of rotatable bonds is 7. The molecule has 2 aromatic carbocycles. The molecule has 164 valence electrons. The van der Waals surface area contributed by atoms with Gasteiger partial charge in [0.1, 0.15) is 5.75 Å². The number of likely N-dealkylation sites (tertiary alicyclic amines) is 1. The number of hydrogen-bond acceptors (Lipinski definition) is 3. The summed E-state index contributed by atoms with van der Waals surface area (Å²) in [5.41, 5.74) is 1.82. The van der Waals surface area contributed by atoms with Crippen molar-refractivity contribution in [2.75, 3.05) is 45.2 Å². The zero-order valence-corrected chi connectivity index (χ0v) is 18.0. The first kappa shape index (κ1) is 22.5. The maximum Gasteiger partial charge on any atom is 0.416 e. The molecule has 1 heterocycles. The van der Waals surface area contributed by atoms with Crippen molar-refractivity contribution in [3.05, 3.63) is 59.7 Å². The fourth-order valence-corrected chi connectivity index (χ4v) is 4.20. The molecule has 0 unspecified atom stereocenters. The van der Waals surface area contributed by atoms with Crippen molar-refractivity contribution in [1.29, 1.82) is 0 Å².